The van der Waals surface area contributed by atoms with Crippen LogP contribution >= 0.6 is 30.1 Å². The summed E-state index contributed by atoms with van der Waals surface area (Å²) in [4.78, 5) is 0. The van der Waals surface area contributed by atoms with Crippen molar-refractivity contribution in [2.24, 2.45) is 11.8 Å². The predicted molar refractivity (Wildman–Crippen MR) is 62.0 cm³/mol. The molecule has 0 aromatic rings. The van der Waals surface area contributed by atoms with Gasteiger partial charge in [-0.1, -0.05) is 40.2 Å². The van der Waals surface area contributed by atoms with E-state index in [1.807, 2.05) is 8.93 Å². The van der Waals surface area contributed by atoms with Gasteiger partial charge in [0.15, 0.2) is 0 Å². The Balaban J connectivity index is 2.33. The third-order valence-electron chi connectivity index (χ3n) is 2.09. The second kappa shape index (κ2) is 5.25. The highest BCUT2D eigenvalue weighted by atomic mass is 127. The van der Waals surface area contributed by atoms with Gasteiger partial charge in [-0.05, 0) is 39.5 Å². The molecule has 0 radical (unpaired) electrons. The molecule has 0 aliphatic heterocycles. The van der Waals surface area contributed by atoms with E-state index in [0.29, 0.717) is 0 Å². The molecule has 0 amide bonds. The number of hydrogen-bond donors (Lipinski definition) is 0. The lowest BCUT2D eigenvalue weighted by Gasteiger charge is -2.19. The molecule has 1 aliphatic carbocycles. The molecule has 0 aromatic carbocycles. The van der Waals surface area contributed by atoms with Gasteiger partial charge in [-0.2, -0.15) is 0 Å². The minimum Gasteiger partial charge on any atom is -0.0894 e. The molecule has 2 unspecified atom stereocenters. The second-order valence-electron chi connectivity index (χ2n) is 2.89. The number of allylic oxidation sites excluding steroid dienone is 4. The Morgan fingerprint density at radius 1 is 1.36 bits per heavy atom. The summed E-state index contributed by atoms with van der Waals surface area (Å²) in [5.74, 6) is 2.79. The summed E-state index contributed by atoms with van der Waals surface area (Å²) < 4.78 is 0. The molecule has 2 heteroatoms. The molecule has 0 aromatic heterocycles. The fourth-order valence-corrected chi connectivity index (χ4v) is 2.43. The minimum atomic E-state index is 0.739. The zero-order chi connectivity index (χ0) is 8.10. The lowest BCUT2D eigenvalue weighted by Crippen LogP contribution is -2.09. The van der Waals surface area contributed by atoms with Crippen molar-refractivity contribution in [3.8, 4) is 0 Å². The van der Waals surface area contributed by atoms with Crippen LogP contribution < -0.4 is 0 Å². The van der Waals surface area contributed by atoms with Gasteiger partial charge >= 0.3 is 0 Å². The fraction of sp³-hybridized carbons (Fsp3) is 0.556. The average Bonchev–Trinajstić information content (AvgIpc) is 2.03. The minimum absolute atomic E-state index is 0.739. The molecule has 11 heavy (non-hydrogen) atoms. The van der Waals surface area contributed by atoms with E-state index in [2.05, 4.69) is 52.4 Å². The first-order valence-electron chi connectivity index (χ1n) is 3.93. The molecule has 2 atom stereocenters. The quantitative estimate of drug-likeness (QED) is 0.708. The van der Waals surface area contributed by atoms with Gasteiger partial charge < -0.3 is 0 Å². The molecular weight excluding hydrogens is 267 g/mol. The van der Waals surface area contributed by atoms with Crippen LogP contribution in [-0.2, 0) is 0 Å². The molecule has 0 N–H and O–H groups in total. The maximum Gasteiger partial charge on any atom is 0.00392 e. The van der Waals surface area contributed by atoms with Crippen molar-refractivity contribution in [1.29, 1.82) is 0 Å². The van der Waals surface area contributed by atoms with Gasteiger partial charge in [-0.15, -0.1) is 0 Å². The Hall–Kier alpha value is 0.560. The summed E-state index contributed by atoms with van der Waals surface area (Å²) in [6.07, 6.45) is 10.3. The van der Waals surface area contributed by atoms with Crippen molar-refractivity contribution in [2.75, 3.05) is 5.75 Å². The Labute approximate surface area is 85.1 Å². The molecule has 0 fully saturated rings. The fourth-order valence-electron chi connectivity index (χ4n) is 1.30. The molecule has 0 saturated heterocycles. The normalized spacial score (nSPS) is 29.3. The van der Waals surface area contributed by atoms with E-state index in [9.17, 15) is 0 Å². The van der Waals surface area contributed by atoms with Crippen LogP contribution in [-0.4, -0.2) is 5.75 Å². The van der Waals surface area contributed by atoms with Crippen molar-refractivity contribution in [1.82, 2.24) is 0 Å². The predicted octanol–water partition coefficient (Wildman–Crippen LogP) is 3.84. The third kappa shape index (κ3) is 3.20. The summed E-state index contributed by atoms with van der Waals surface area (Å²) in [5.41, 5.74) is 0. The summed E-state index contributed by atoms with van der Waals surface area (Å²) in [7, 11) is 1.91. The summed E-state index contributed by atoms with van der Waals surface area (Å²) in [6, 6.07) is 0. The van der Waals surface area contributed by atoms with E-state index in [0.717, 1.165) is 11.8 Å². The van der Waals surface area contributed by atoms with Crippen LogP contribution in [0, 0.1) is 11.8 Å². The highest BCUT2D eigenvalue weighted by Crippen LogP contribution is 2.25. The van der Waals surface area contributed by atoms with E-state index in [1.54, 1.807) is 0 Å². The highest BCUT2D eigenvalue weighted by molar-refractivity contribution is 14.2. The molecular formula is C9H13IS. The van der Waals surface area contributed by atoms with Crippen LogP contribution in [0.3, 0.4) is 0 Å². The molecule has 0 bridgehead atoms. The molecule has 62 valence electrons. The maximum absolute atomic E-state index is 2.37. The van der Waals surface area contributed by atoms with Crippen molar-refractivity contribution in [3.63, 3.8) is 0 Å². The van der Waals surface area contributed by atoms with Crippen molar-refractivity contribution in [2.45, 2.75) is 13.3 Å². The molecule has 0 saturated carbocycles. The highest BCUT2D eigenvalue weighted by Gasteiger charge is 2.12. The SMILES string of the molecule is CC1C=CC=CC1CCSI. The van der Waals surface area contributed by atoms with Gasteiger partial charge in [0.1, 0.15) is 0 Å². The monoisotopic (exact) mass is 280 g/mol. The number of hydrogen-bond acceptors (Lipinski definition) is 1. The van der Waals surface area contributed by atoms with E-state index in [1.165, 1.54) is 12.2 Å². The van der Waals surface area contributed by atoms with Crippen LogP contribution in [0.2, 0.25) is 0 Å². The largest absolute Gasteiger partial charge is 0.0894 e. The zero-order valence-corrected chi connectivity index (χ0v) is 9.64. The molecule has 1 rings (SSSR count). The number of halogens is 1. The summed E-state index contributed by atoms with van der Waals surface area (Å²) in [6.45, 7) is 2.29. The summed E-state index contributed by atoms with van der Waals surface area (Å²) in [5, 5.41) is 0. The van der Waals surface area contributed by atoms with Crippen LogP contribution in [0.1, 0.15) is 13.3 Å². The van der Waals surface area contributed by atoms with Gasteiger partial charge in [0.05, 0.1) is 0 Å². The second-order valence-corrected chi connectivity index (χ2v) is 5.39. The first-order chi connectivity index (χ1) is 5.34. The van der Waals surface area contributed by atoms with Crippen molar-refractivity contribution in [3.05, 3.63) is 24.3 Å². The Bertz CT molecular complexity index is 163. The first-order valence-corrected chi connectivity index (χ1v) is 7.46. The number of rotatable bonds is 3. The van der Waals surface area contributed by atoms with Crippen molar-refractivity contribution < 1.29 is 0 Å². The van der Waals surface area contributed by atoms with Crippen molar-refractivity contribution >= 4 is 30.1 Å². The van der Waals surface area contributed by atoms with E-state index in [-0.39, 0.29) is 0 Å². The van der Waals surface area contributed by atoms with Gasteiger partial charge in [-0.3, -0.25) is 0 Å². The van der Waals surface area contributed by atoms with Crippen LogP contribution in [0.25, 0.3) is 0 Å². The van der Waals surface area contributed by atoms with Gasteiger partial charge in [0, 0.05) is 5.75 Å². The zero-order valence-electron chi connectivity index (χ0n) is 6.66. The summed E-state index contributed by atoms with van der Waals surface area (Å²) >= 11 is 2.37. The lowest BCUT2D eigenvalue weighted by molar-refractivity contribution is 0.496. The Morgan fingerprint density at radius 3 is 2.73 bits per heavy atom. The van der Waals surface area contributed by atoms with Gasteiger partial charge in [0.25, 0.3) is 0 Å². The van der Waals surface area contributed by atoms with Crippen LogP contribution in [0.15, 0.2) is 24.3 Å². The lowest BCUT2D eigenvalue weighted by atomic mass is 9.88. The van der Waals surface area contributed by atoms with Gasteiger partial charge in [0.2, 0.25) is 0 Å². The van der Waals surface area contributed by atoms with Gasteiger partial charge in [-0.25, -0.2) is 0 Å². The average molecular weight is 280 g/mol. The molecule has 1 aliphatic rings. The van der Waals surface area contributed by atoms with E-state index in [4.69, 9.17) is 0 Å². The third-order valence-corrected chi connectivity index (χ3v) is 3.80. The maximum atomic E-state index is 2.37. The molecule has 0 heterocycles. The van der Waals surface area contributed by atoms with Crippen LogP contribution in [0.5, 0.6) is 0 Å². The van der Waals surface area contributed by atoms with Crippen LogP contribution in [0.4, 0.5) is 0 Å². The van der Waals surface area contributed by atoms with E-state index < -0.39 is 0 Å². The first kappa shape index (κ1) is 9.65. The molecule has 0 spiro atoms. The Morgan fingerprint density at radius 2 is 2.09 bits per heavy atom. The standard InChI is InChI=1S/C9H13IS/c1-8-4-2-3-5-9(8)6-7-11-10/h2-5,8-9H,6-7H2,1H3. The smallest absolute Gasteiger partial charge is 0.00392 e. The van der Waals surface area contributed by atoms with E-state index >= 15 is 0 Å². The molecule has 0 nitrogen and oxygen atoms in total. The Kier molecular flexibility index (Phi) is 4.60. The topological polar surface area (TPSA) is 0 Å².